The highest BCUT2D eigenvalue weighted by molar-refractivity contribution is 6.32. The van der Waals surface area contributed by atoms with Gasteiger partial charge >= 0.3 is 5.69 Å². The van der Waals surface area contributed by atoms with Crippen molar-refractivity contribution in [1.82, 2.24) is 9.55 Å². The van der Waals surface area contributed by atoms with Gasteiger partial charge in [-0.05, 0) is 31.4 Å². The second-order valence-corrected chi connectivity index (χ2v) is 8.41. The fourth-order valence-electron chi connectivity index (χ4n) is 3.55. The van der Waals surface area contributed by atoms with Gasteiger partial charge in [-0.1, -0.05) is 51.6 Å². The Hall–Kier alpha value is -2.94. The maximum atomic E-state index is 13.7. The number of rotatable bonds is 13. The topological polar surface area (TPSA) is 120 Å². The average molecular weight is 495 g/mol. The summed E-state index contributed by atoms with van der Waals surface area (Å²) in [6, 6.07) is 3.02. The third-order valence-electron chi connectivity index (χ3n) is 5.38. The van der Waals surface area contributed by atoms with Crippen molar-refractivity contribution in [3.8, 4) is 11.5 Å². The van der Waals surface area contributed by atoms with Crippen LogP contribution in [0.3, 0.4) is 0 Å². The molecule has 3 N–H and O–H groups in total. The first-order valence-corrected chi connectivity index (χ1v) is 12.1. The Bertz CT molecular complexity index is 1100. The van der Waals surface area contributed by atoms with Crippen LogP contribution < -0.4 is 31.4 Å². The monoisotopic (exact) mass is 494 g/mol. The SMILES string of the molecule is CCCCCN(C(=O)c1cc(Cl)c(OCCC)c(OC)c1)c1c(N)n(CCCC)c(=O)[nH]c1=O. The summed E-state index contributed by atoms with van der Waals surface area (Å²) in [5.74, 6) is 0.155. The number of ether oxygens (including phenoxy) is 2. The van der Waals surface area contributed by atoms with E-state index in [1.807, 2.05) is 20.8 Å². The maximum Gasteiger partial charge on any atom is 0.330 e. The Morgan fingerprint density at radius 1 is 1.12 bits per heavy atom. The second-order valence-electron chi connectivity index (χ2n) is 8.00. The highest BCUT2D eigenvalue weighted by Crippen LogP contribution is 2.37. The number of hydrogen-bond donors (Lipinski definition) is 2. The number of hydrogen-bond acceptors (Lipinski definition) is 6. The highest BCUT2D eigenvalue weighted by atomic mass is 35.5. The van der Waals surface area contributed by atoms with Crippen LogP contribution in [-0.2, 0) is 6.54 Å². The van der Waals surface area contributed by atoms with Gasteiger partial charge in [0.25, 0.3) is 11.5 Å². The minimum Gasteiger partial charge on any atom is -0.493 e. The van der Waals surface area contributed by atoms with Gasteiger partial charge in [0, 0.05) is 18.7 Å². The van der Waals surface area contributed by atoms with Crippen molar-refractivity contribution in [3.63, 3.8) is 0 Å². The lowest BCUT2D eigenvalue weighted by atomic mass is 10.1. The van der Waals surface area contributed by atoms with E-state index >= 15 is 0 Å². The lowest BCUT2D eigenvalue weighted by molar-refractivity contribution is 0.0985. The molecule has 0 radical (unpaired) electrons. The highest BCUT2D eigenvalue weighted by Gasteiger charge is 2.26. The first kappa shape index (κ1) is 27.3. The molecule has 0 bridgehead atoms. The molecule has 10 heteroatoms. The summed E-state index contributed by atoms with van der Waals surface area (Å²) in [6.07, 6.45) is 4.74. The van der Waals surface area contributed by atoms with E-state index in [1.165, 1.54) is 28.7 Å². The van der Waals surface area contributed by atoms with Crippen molar-refractivity contribution in [2.24, 2.45) is 0 Å². The van der Waals surface area contributed by atoms with Gasteiger partial charge in [0.2, 0.25) is 0 Å². The number of anilines is 2. The van der Waals surface area contributed by atoms with E-state index in [-0.39, 0.29) is 28.6 Å². The van der Waals surface area contributed by atoms with Crippen molar-refractivity contribution in [2.45, 2.75) is 65.8 Å². The normalized spacial score (nSPS) is 10.9. The number of halogens is 1. The zero-order valence-corrected chi connectivity index (χ0v) is 21.2. The predicted molar refractivity (Wildman–Crippen MR) is 136 cm³/mol. The van der Waals surface area contributed by atoms with E-state index in [4.69, 9.17) is 26.8 Å². The quantitative estimate of drug-likeness (QED) is 0.402. The lowest BCUT2D eigenvalue weighted by Gasteiger charge is -2.25. The van der Waals surface area contributed by atoms with Crippen LogP contribution in [0.25, 0.3) is 0 Å². The fourth-order valence-corrected chi connectivity index (χ4v) is 3.82. The zero-order valence-electron chi connectivity index (χ0n) is 20.4. The summed E-state index contributed by atoms with van der Waals surface area (Å²) in [4.78, 5) is 42.5. The number of carbonyl (C=O) groups is 1. The molecule has 0 aliphatic heterocycles. The predicted octanol–water partition coefficient (Wildman–Crippen LogP) is 4.21. The number of amides is 1. The Morgan fingerprint density at radius 2 is 1.82 bits per heavy atom. The standard InChI is InChI=1S/C24H35ClN4O5/c1-5-8-10-12-28(19-21(26)29(11-9-6-2)24(32)27-22(19)30)23(31)16-14-17(25)20(34-13-7-3)18(15-16)33-4/h14-15H,5-13,26H2,1-4H3,(H,27,30,32). The molecular weight excluding hydrogens is 460 g/mol. The second kappa shape index (κ2) is 13.1. The third kappa shape index (κ3) is 6.34. The Labute approximate surface area is 204 Å². The maximum absolute atomic E-state index is 13.7. The summed E-state index contributed by atoms with van der Waals surface area (Å²) in [5, 5.41) is 0.222. The summed E-state index contributed by atoms with van der Waals surface area (Å²) in [7, 11) is 1.46. The number of nitrogens with two attached hydrogens (primary N) is 1. The molecule has 9 nitrogen and oxygen atoms in total. The van der Waals surface area contributed by atoms with Crippen molar-refractivity contribution in [1.29, 1.82) is 0 Å². The van der Waals surface area contributed by atoms with E-state index in [1.54, 1.807) is 0 Å². The van der Waals surface area contributed by atoms with Crippen LogP contribution in [0.5, 0.6) is 11.5 Å². The summed E-state index contributed by atoms with van der Waals surface area (Å²) in [5.41, 5.74) is 5.16. The fraction of sp³-hybridized carbons (Fsp3) is 0.542. The Balaban J connectivity index is 2.60. The van der Waals surface area contributed by atoms with Crippen LogP contribution in [0.2, 0.25) is 5.02 Å². The van der Waals surface area contributed by atoms with Gasteiger partial charge in [-0.2, -0.15) is 0 Å². The molecule has 0 unspecified atom stereocenters. The molecule has 0 spiro atoms. The van der Waals surface area contributed by atoms with Crippen molar-refractivity contribution >= 4 is 29.0 Å². The van der Waals surface area contributed by atoms with Gasteiger partial charge in [0.15, 0.2) is 17.2 Å². The minimum atomic E-state index is -0.707. The number of aromatic nitrogens is 2. The largest absolute Gasteiger partial charge is 0.493 e. The minimum absolute atomic E-state index is 0.0343. The molecule has 1 heterocycles. The molecule has 1 aromatic carbocycles. The molecule has 0 atom stereocenters. The molecule has 0 saturated carbocycles. The van der Waals surface area contributed by atoms with E-state index in [0.717, 1.165) is 25.7 Å². The number of nitrogen functional groups attached to an aromatic ring is 1. The molecule has 1 amide bonds. The van der Waals surface area contributed by atoms with Crippen LogP contribution in [0.1, 0.15) is 69.7 Å². The first-order chi connectivity index (χ1) is 16.3. The van der Waals surface area contributed by atoms with E-state index in [9.17, 15) is 14.4 Å². The van der Waals surface area contributed by atoms with Crippen molar-refractivity contribution in [3.05, 3.63) is 43.6 Å². The van der Waals surface area contributed by atoms with Crippen LogP contribution in [0.4, 0.5) is 11.5 Å². The van der Waals surface area contributed by atoms with Gasteiger partial charge in [-0.15, -0.1) is 0 Å². The van der Waals surface area contributed by atoms with Crippen LogP contribution in [0, 0.1) is 0 Å². The van der Waals surface area contributed by atoms with Gasteiger partial charge in [-0.3, -0.25) is 19.1 Å². The average Bonchev–Trinajstić information content (AvgIpc) is 2.81. The molecule has 1 aromatic heterocycles. The number of H-pyrrole nitrogens is 1. The van der Waals surface area contributed by atoms with Crippen LogP contribution >= 0.6 is 11.6 Å². The molecular formula is C24H35ClN4O5. The molecule has 0 fully saturated rings. The van der Waals surface area contributed by atoms with Crippen LogP contribution in [-0.4, -0.2) is 35.7 Å². The Morgan fingerprint density at radius 3 is 2.44 bits per heavy atom. The molecule has 2 rings (SSSR count). The third-order valence-corrected chi connectivity index (χ3v) is 5.66. The van der Waals surface area contributed by atoms with E-state index in [2.05, 4.69) is 4.98 Å². The number of benzene rings is 1. The molecule has 34 heavy (non-hydrogen) atoms. The number of methoxy groups -OCH3 is 1. The first-order valence-electron chi connectivity index (χ1n) is 11.7. The zero-order chi connectivity index (χ0) is 25.3. The number of nitrogens with one attached hydrogen (secondary N) is 1. The number of carbonyl (C=O) groups excluding carboxylic acids is 1. The number of aromatic amines is 1. The Kier molecular flexibility index (Phi) is 10.5. The summed E-state index contributed by atoms with van der Waals surface area (Å²) in [6.45, 7) is 7.02. The molecule has 0 saturated heterocycles. The lowest BCUT2D eigenvalue weighted by Crippen LogP contribution is -2.41. The molecule has 2 aromatic rings. The number of unbranched alkanes of at least 4 members (excludes halogenated alkanes) is 3. The van der Waals surface area contributed by atoms with Gasteiger partial charge < -0.3 is 20.1 Å². The van der Waals surface area contributed by atoms with Gasteiger partial charge in [0.1, 0.15) is 5.82 Å². The summed E-state index contributed by atoms with van der Waals surface area (Å²) >= 11 is 6.42. The van der Waals surface area contributed by atoms with Crippen molar-refractivity contribution in [2.75, 3.05) is 30.9 Å². The van der Waals surface area contributed by atoms with E-state index < -0.39 is 17.2 Å². The molecule has 0 aliphatic rings. The number of nitrogens with zero attached hydrogens (tertiary/aromatic N) is 2. The molecule has 0 aliphatic carbocycles. The van der Waals surface area contributed by atoms with Crippen molar-refractivity contribution < 1.29 is 14.3 Å². The summed E-state index contributed by atoms with van der Waals surface area (Å²) < 4.78 is 12.4. The van der Waals surface area contributed by atoms with E-state index in [0.29, 0.717) is 37.5 Å². The van der Waals surface area contributed by atoms with Gasteiger partial charge in [-0.25, -0.2) is 4.79 Å². The van der Waals surface area contributed by atoms with Gasteiger partial charge in [0.05, 0.1) is 18.7 Å². The molecule has 188 valence electrons. The van der Waals surface area contributed by atoms with Crippen LogP contribution in [0.15, 0.2) is 21.7 Å². The smallest absolute Gasteiger partial charge is 0.330 e.